The lowest BCUT2D eigenvalue weighted by molar-refractivity contribution is 0.414. The SMILES string of the molecule is COc1ccc(S(=O)(=O)c2cc(NS(=O)(=O)c3ccc(C)cc3)c(C)c(C)c2O)cc1. The van der Waals surface area contributed by atoms with Gasteiger partial charge in [-0.3, -0.25) is 4.72 Å². The second kappa shape index (κ2) is 8.24. The van der Waals surface area contributed by atoms with Gasteiger partial charge in [-0.2, -0.15) is 0 Å². The van der Waals surface area contributed by atoms with Gasteiger partial charge in [-0.05, 0) is 74.4 Å². The molecular weight excluding hydrogens is 438 g/mol. The number of aromatic hydroxyl groups is 1. The van der Waals surface area contributed by atoms with Crippen LogP contribution >= 0.6 is 0 Å². The molecule has 0 amide bonds. The van der Waals surface area contributed by atoms with Crippen LogP contribution in [-0.4, -0.2) is 29.1 Å². The van der Waals surface area contributed by atoms with Crippen molar-refractivity contribution in [1.29, 1.82) is 0 Å². The summed E-state index contributed by atoms with van der Waals surface area (Å²) < 4.78 is 59.5. The number of anilines is 1. The van der Waals surface area contributed by atoms with Crippen molar-refractivity contribution in [3.63, 3.8) is 0 Å². The highest BCUT2D eigenvalue weighted by molar-refractivity contribution is 7.93. The summed E-state index contributed by atoms with van der Waals surface area (Å²) in [5.74, 6) is 0.0569. The molecular formula is C22H23NO6S2. The Kier molecular flexibility index (Phi) is 6.02. The van der Waals surface area contributed by atoms with Crippen molar-refractivity contribution >= 4 is 25.5 Å². The van der Waals surface area contributed by atoms with Gasteiger partial charge in [-0.15, -0.1) is 0 Å². The van der Waals surface area contributed by atoms with E-state index in [1.54, 1.807) is 19.1 Å². The summed E-state index contributed by atoms with van der Waals surface area (Å²) in [5.41, 5.74) is 1.66. The fraction of sp³-hybridized carbons (Fsp3) is 0.182. The Labute approximate surface area is 182 Å². The van der Waals surface area contributed by atoms with Gasteiger partial charge in [0.25, 0.3) is 10.0 Å². The molecule has 3 rings (SSSR count). The van der Waals surface area contributed by atoms with Gasteiger partial charge in [0.05, 0.1) is 22.6 Å². The van der Waals surface area contributed by atoms with E-state index in [0.717, 1.165) is 11.6 Å². The number of sulfone groups is 1. The molecule has 7 nitrogen and oxygen atoms in total. The lowest BCUT2D eigenvalue weighted by Crippen LogP contribution is -2.15. The van der Waals surface area contributed by atoms with Crippen molar-refractivity contribution < 1.29 is 26.7 Å². The molecule has 0 saturated heterocycles. The molecule has 0 aromatic heterocycles. The number of methoxy groups -OCH3 is 1. The molecule has 0 aliphatic carbocycles. The predicted octanol–water partition coefficient (Wildman–Crippen LogP) is 3.96. The zero-order chi connectivity index (χ0) is 23.0. The molecule has 0 bridgehead atoms. The maximum absolute atomic E-state index is 13.2. The zero-order valence-corrected chi connectivity index (χ0v) is 19.1. The van der Waals surface area contributed by atoms with E-state index in [0.29, 0.717) is 11.3 Å². The Morgan fingerprint density at radius 2 is 1.35 bits per heavy atom. The van der Waals surface area contributed by atoms with Gasteiger partial charge in [0.15, 0.2) is 0 Å². The maximum atomic E-state index is 13.2. The van der Waals surface area contributed by atoms with E-state index in [-0.39, 0.29) is 25.9 Å². The Balaban J connectivity index is 2.11. The highest BCUT2D eigenvalue weighted by Gasteiger charge is 2.26. The number of ether oxygens (including phenoxy) is 1. The molecule has 3 aromatic carbocycles. The summed E-state index contributed by atoms with van der Waals surface area (Å²) in [4.78, 5) is -0.399. The van der Waals surface area contributed by atoms with Gasteiger partial charge < -0.3 is 9.84 Å². The molecule has 3 aromatic rings. The molecule has 31 heavy (non-hydrogen) atoms. The number of hydrogen-bond donors (Lipinski definition) is 2. The molecule has 0 saturated carbocycles. The van der Waals surface area contributed by atoms with Crippen molar-refractivity contribution in [2.45, 2.75) is 35.5 Å². The van der Waals surface area contributed by atoms with E-state index >= 15 is 0 Å². The smallest absolute Gasteiger partial charge is 0.261 e. The quantitative estimate of drug-likeness (QED) is 0.538. The molecule has 0 heterocycles. The average molecular weight is 462 g/mol. The van der Waals surface area contributed by atoms with Gasteiger partial charge in [0.1, 0.15) is 16.4 Å². The maximum Gasteiger partial charge on any atom is 0.261 e. The van der Waals surface area contributed by atoms with Crippen LogP contribution in [0.3, 0.4) is 0 Å². The van der Waals surface area contributed by atoms with Crippen LogP contribution in [0.25, 0.3) is 0 Å². The molecule has 0 fully saturated rings. The first-order valence-electron chi connectivity index (χ1n) is 9.29. The summed E-state index contributed by atoms with van der Waals surface area (Å²) in [7, 11) is -6.62. The van der Waals surface area contributed by atoms with Crippen molar-refractivity contribution in [3.05, 3.63) is 71.3 Å². The van der Waals surface area contributed by atoms with Crippen molar-refractivity contribution in [2.24, 2.45) is 0 Å². The van der Waals surface area contributed by atoms with Crippen LogP contribution in [0.2, 0.25) is 0 Å². The number of hydrogen-bond acceptors (Lipinski definition) is 6. The van der Waals surface area contributed by atoms with Crippen molar-refractivity contribution in [3.8, 4) is 11.5 Å². The number of phenolic OH excluding ortho intramolecular Hbond substituents is 1. The highest BCUT2D eigenvalue weighted by Crippen LogP contribution is 2.38. The largest absolute Gasteiger partial charge is 0.506 e. The Morgan fingerprint density at radius 1 is 0.806 bits per heavy atom. The van der Waals surface area contributed by atoms with Gasteiger partial charge >= 0.3 is 0 Å². The summed E-state index contributed by atoms with van der Waals surface area (Å²) in [6.45, 7) is 4.97. The second-order valence-electron chi connectivity index (χ2n) is 7.12. The molecule has 0 unspecified atom stereocenters. The van der Waals surface area contributed by atoms with Crippen LogP contribution in [0.5, 0.6) is 11.5 Å². The third-order valence-corrected chi connectivity index (χ3v) is 8.23. The molecule has 0 radical (unpaired) electrons. The van der Waals surface area contributed by atoms with E-state index in [1.165, 1.54) is 50.4 Å². The lowest BCUT2D eigenvalue weighted by atomic mass is 10.1. The molecule has 0 atom stereocenters. The minimum Gasteiger partial charge on any atom is -0.506 e. The van der Waals surface area contributed by atoms with Gasteiger partial charge in [0, 0.05) is 0 Å². The third-order valence-electron chi connectivity index (χ3n) is 5.07. The number of nitrogens with one attached hydrogen (secondary N) is 1. The van der Waals surface area contributed by atoms with Crippen LogP contribution in [0.1, 0.15) is 16.7 Å². The normalized spacial score (nSPS) is 11.9. The number of sulfonamides is 1. The summed E-state index contributed by atoms with van der Waals surface area (Å²) in [6, 6.07) is 13.1. The number of benzene rings is 3. The predicted molar refractivity (Wildman–Crippen MR) is 118 cm³/mol. The Bertz CT molecular complexity index is 1330. The highest BCUT2D eigenvalue weighted by atomic mass is 32.2. The van der Waals surface area contributed by atoms with Crippen molar-refractivity contribution in [1.82, 2.24) is 0 Å². The van der Waals surface area contributed by atoms with E-state index in [2.05, 4.69) is 4.72 Å². The Hall–Kier alpha value is -3.04. The van der Waals surface area contributed by atoms with E-state index in [9.17, 15) is 21.9 Å². The minimum atomic E-state index is -4.12. The first kappa shape index (κ1) is 22.6. The minimum absolute atomic E-state index is 0.0442. The van der Waals surface area contributed by atoms with Crippen LogP contribution in [0.4, 0.5) is 5.69 Å². The molecule has 0 aliphatic heterocycles. The lowest BCUT2D eigenvalue weighted by Gasteiger charge is -2.17. The van der Waals surface area contributed by atoms with Crippen LogP contribution < -0.4 is 9.46 Å². The van der Waals surface area contributed by atoms with Crippen LogP contribution in [-0.2, 0) is 19.9 Å². The van der Waals surface area contributed by atoms with Crippen molar-refractivity contribution in [2.75, 3.05) is 11.8 Å². The summed E-state index contributed by atoms with van der Waals surface area (Å²) in [5, 5.41) is 10.6. The fourth-order valence-corrected chi connectivity index (χ4v) is 5.53. The fourth-order valence-electron chi connectivity index (χ4n) is 2.99. The average Bonchev–Trinajstić information content (AvgIpc) is 2.74. The molecule has 9 heteroatoms. The first-order chi connectivity index (χ1) is 14.5. The number of aryl methyl sites for hydroxylation is 1. The van der Waals surface area contributed by atoms with Gasteiger partial charge in [-0.1, -0.05) is 17.7 Å². The number of rotatable bonds is 6. The zero-order valence-electron chi connectivity index (χ0n) is 17.5. The third kappa shape index (κ3) is 4.38. The standard InChI is InChI=1S/C22H23NO6S2/c1-14-5-9-19(10-6-14)31(27,28)23-20-13-21(22(24)16(3)15(20)2)30(25,26)18-11-7-17(29-4)8-12-18/h5-13,23-24H,1-4H3. The topological polar surface area (TPSA) is 110 Å². The van der Waals surface area contributed by atoms with E-state index in [1.807, 2.05) is 6.92 Å². The van der Waals surface area contributed by atoms with Crippen LogP contribution in [0.15, 0.2) is 69.3 Å². The van der Waals surface area contributed by atoms with E-state index in [4.69, 9.17) is 4.74 Å². The van der Waals surface area contributed by atoms with E-state index < -0.39 is 25.6 Å². The van der Waals surface area contributed by atoms with Gasteiger partial charge in [0.2, 0.25) is 9.84 Å². The molecule has 164 valence electrons. The van der Waals surface area contributed by atoms with Gasteiger partial charge in [-0.25, -0.2) is 16.8 Å². The molecule has 0 aliphatic rings. The molecule has 0 spiro atoms. The summed E-state index contributed by atoms with van der Waals surface area (Å²) in [6.07, 6.45) is 0. The Morgan fingerprint density at radius 3 is 1.90 bits per heavy atom. The monoisotopic (exact) mass is 461 g/mol. The number of phenols is 1. The first-order valence-corrected chi connectivity index (χ1v) is 12.3. The summed E-state index contributed by atoms with van der Waals surface area (Å²) >= 11 is 0. The molecule has 2 N–H and O–H groups in total. The second-order valence-corrected chi connectivity index (χ2v) is 10.7. The van der Waals surface area contributed by atoms with Crippen LogP contribution in [0, 0.1) is 20.8 Å².